The maximum Gasteiger partial charge on any atom is 0.320 e. The van der Waals surface area contributed by atoms with Gasteiger partial charge in [0.1, 0.15) is 12.4 Å². The smallest absolute Gasteiger partial charge is 0.320 e. The fraction of sp³-hybridized carbons (Fsp3) is 0.414. The summed E-state index contributed by atoms with van der Waals surface area (Å²) in [5, 5.41) is 0.444. The van der Waals surface area contributed by atoms with Crippen LogP contribution in [0.25, 0.3) is 22.3 Å². The number of rotatable bonds is 7. The summed E-state index contributed by atoms with van der Waals surface area (Å²) in [6.07, 6.45) is 4.62. The highest BCUT2D eigenvalue weighted by Crippen LogP contribution is 2.42. The van der Waals surface area contributed by atoms with Crippen molar-refractivity contribution in [2.24, 2.45) is 0 Å². The van der Waals surface area contributed by atoms with Gasteiger partial charge in [-0.25, -0.2) is 9.37 Å². The molecule has 0 spiro atoms. The number of piperazine rings is 1. The van der Waals surface area contributed by atoms with Crippen molar-refractivity contribution in [1.82, 2.24) is 24.8 Å². The van der Waals surface area contributed by atoms with Crippen molar-refractivity contribution in [3.63, 3.8) is 0 Å². The predicted octanol–water partition coefficient (Wildman–Crippen LogP) is 5.03. The van der Waals surface area contributed by atoms with Gasteiger partial charge >= 0.3 is 6.01 Å². The van der Waals surface area contributed by atoms with E-state index in [0.29, 0.717) is 37.4 Å². The Balaban J connectivity index is 1.56. The average molecular weight is 651 g/mol. The third-order valence-electron chi connectivity index (χ3n) is 7.79. The molecule has 2 aliphatic rings. The zero-order chi connectivity index (χ0) is 31.0. The minimum absolute atomic E-state index is 0.0282. The van der Waals surface area contributed by atoms with Crippen molar-refractivity contribution in [1.29, 1.82) is 0 Å². The summed E-state index contributed by atoms with van der Waals surface area (Å²) in [6, 6.07) is 2.98. The second-order valence-electron chi connectivity index (χ2n) is 10.8. The van der Waals surface area contributed by atoms with E-state index in [1.54, 1.807) is 11.0 Å². The van der Waals surface area contributed by atoms with E-state index < -0.39 is 5.82 Å². The molecule has 0 radical (unpaired) electrons. The number of likely N-dealkylation sites (tertiary alicyclic amines) is 1. The minimum Gasteiger partial charge on any atom is -0.462 e. The Morgan fingerprint density at radius 2 is 1.86 bits per heavy atom. The molecule has 0 saturated carbocycles. The molecule has 1 amide bonds. The van der Waals surface area contributed by atoms with Crippen LogP contribution in [0.15, 0.2) is 24.3 Å². The Morgan fingerprint density at radius 1 is 1.09 bits per heavy atom. The summed E-state index contributed by atoms with van der Waals surface area (Å²) in [6.45, 7) is 5.93. The maximum absolute atomic E-state index is 15.2. The third-order valence-corrected chi connectivity index (χ3v) is 8.67. The van der Waals surface area contributed by atoms with Gasteiger partial charge in [-0.05, 0) is 58.5 Å². The average Bonchev–Trinajstić information content (AvgIpc) is 3.38. The number of benzene rings is 1. The number of anilines is 2. The molecule has 0 bridgehead atoms. The second-order valence-corrected chi connectivity index (χ2v) is 12.0. The van der Waals surface area contributed by atoms with Crippen LogP contribution in [0, 0.1) is 5.82 Å². The van der Waals surface area contributed by atoms with Crippen LogP contribution in [-0.2, 0) is 9.59 Å². The van der Waals surface area contributed by atoms with Crippen LogP contribution in [-0.4, -0.2) is 88.4 Å². The molecule has 43 heavy (non-hydrogen) atoms. The van der Waals surface area contributed by atoms with Crippen LogP contribution in [0.2, 0.25) is 15.1 Å². The lowest BCUT2D eigenvalue weighted by Gasteiger charge is -2.40. The molecule has 4 heterocycles. The quantitative estimate of drug-likeness (QED) is 0.214. The van der Waals surface area contributed by atoms with Crippen LogP contribution < -0.4 is 15.4 Å². The number of halogens is 4. The molecule has 2 N–H and O–H groups in total. The van der Waals surface area contributed by atoms with Crippen molar-refractivity contribution >= 4 is 69.0 Å². The molecule has 2 atom stereocenters. The van der Waals surface area contributed by atoms with E-state index in [4.69, 9.17) is 50.3 Å². The number of carbonyl (C=O) groups is 2. The summed E-state index contributed by atoms with van der Waals surface area (Å²) in [4.78, 5) is 43.9. The summed E-state index contributed by atoms with van der Waals surface area (Å²) >= 11 is 19.0. The van der Waals surface area contributed by atoms with Gasteiger partial charge in [0.25, 0.3) is 0 Å². The number of nitrogen functional groups attached to an aromatic ring is 1. The minimum atomic E-state index is -0.805. The molecule has 5 rings (SSSR count). The summed E-state index contributed by atoms with van der Waals surface area (Å²) in [7, 11) is 2.05. The van der Waals surface area contributed by atoms with E-state index in [-0.39, 0.29) is 67.4 Å². The number of likely N-dealkylation sites (N-methyl/N-ethyl adjacent to an activating group) is 1. The van der Waals surface area contributed by atoms with Crippen molar-refractivity contribution in [3.05, 3.63) is 45.2 Å². The Kier molecular flexibility index (Phi) is 9.26. The molecule has 1 aromatic carbocycles. The summed E-state index contributed by atoms with van der Waals surface area (Å²) in [5.41, 5.74) is 6.20. The fourth-order valence-electron chi connectivity index (χ4n) is 5.42. The number of aromatic nitrogens is 3. The zero-order valence-electron chi connectivity index (χ0n) is 23.9. The lowest BCUT2D eigenvalue weighted by atomic mass is 10.1. The van der Waals surface area contributed by atoms with Crippen molar-refractivity contribution < 1.29 is 18.7 Å². The molecule has 2 fully saturated rings. The Morgan fingerprint density at radius 3 is 2.53 bits per heavy atom. The van der Waals surface area contributed by atoms with Gasteiger partial charge in [0.2, 0.25) is 5.91 Å². The normalized spacial score (nSPS) is 19.5. The number of nitrogens with zero attached hydrogens (tertiary/aromatic N) is 6. The molecule has 14 heteroatoms. The second kappa shape index (κ2) is 12.8. The molecule has 0 aliphatic carbocycles. The van der Waals surface area contributed by atoms with Crippen molar-refractivity contribution in [2.45, 2.75) is 38.8 Å². The van der Waals surface area contributed by atoms with Crippen LogP contribution in [0.5, 0.6) is 6.01 Å². The van der Waals surface area contributed by atoms with Gasteiger partial charge < -0.3 is 25.2 Å². The van der Waals surface area contributed by atoms with Gasteiger partial charge in [0.05, 0.1) is 37.4 Å². The first-order valence-corrected chi connectivity index (χ1v) is 15.0. The summed E-state index contributed by atoms with van der Waals surface area (Å²) in [5.74, 6) is -0.736. The highest BCUT2D eigenvalue weighted by atomic mass is 35.5. The van der Waals surface area contributed by atoms with E-state index in [2.05, 4.69) is 14.9 Å². The van der Waals surface area contributed by atoms with E-state index in [0.717, 1.165) is 19.4 Å². The number of ketones is 1. The van der Waals surface area contributed by atoms with Gasteiger partial charge in [0, 0.05) is 37.8 Å². The molecule has 10 nitrogen and oxygen atoms in total. The Hall–Kier alpha value is -3.25. The van der Waals surface area contributed by atoms with Gasteiger partial charge in [-0.1, -0.05) is 34.8 Å². The maximum atomic E-state index is 15.2. The number of hydrogen-bond acceptors (Lipinski definition) is 9. The standard InChI is InChI=1S/C29H31Cl3FN7O3/c1-15-13-39(22(42)7-6-16(2)41)9-10-40(15)28-18-11-21(32)26(23-24(33)19(30)12-20(31)25(23)34)35-27(18)36-29(37-28)43-14-17-5-4-8-38(17)3/h6-7,11-12,15,17H,4-5,8-10,13-14,34H2,1-3H3/b7-6+/t15-,17-/m0/s1. The molecule has 3 aromatic rings. The van der Waals surface area contributed by atoms with E-state index >= 15 is 4.39 Å². The zero-order valence-corrected chi connectivity index (χ0v) is 26.2. The third kappa shape index (κ3) is 6.50. The number of hydrogen-bond donors (Lipinski definition) is 1. The number of fused-ring (bicyclic) bond motifs is 1. The molecule has 0 unspecified atom stereocenters. The molecule has 2 aromatic heterocycles. The predicted molar refractivity (Wildman–Crippen MR) is 167 cm³/mol. The van der Waals surface area contributed by atoms with Crippen LogP contribution in [0.1, 0.15) is 26.7 Å². The first-order chi connectivity index (χ1) is 20.4. The number of nitrogens with two attached hydrogens (primary N) is 1. The van der Waals surface area contributed by atoms with E-state index in [1.807, 2.05) is 18.9 Å². The lowest BCUT2D eigenvalue weighted by Crippen LogP contribution is -2.53. The Bertz CT molecular complexity index is 1600. The topological polar surface area (TPSA) is 118 Å². The Labute approximate surface area is 263 Å². The first-order valence-electron chi connectivity index (χ1n) is 13.8. The highest BCUT2D eigenvalue weighted by Gasteiger charge is 2.30. The van der Waals surface area contributed by atoms with Crippen molar-refractivity contribution in [2.75, 3.05) is 50.5 Å². The molecule has 228 valence electrons. The molecule has 2 saturated heterocycles. The summed E-state index contributed by atoms with van der Waals surface area (Å²) < 4.78 is 21.3. The van der Waals surface area contributed by atoms with E-state index in [1.165, 1.54) is 25.1 Å². The monoisotopic (exact) mass is 649 g/mol. The number of allylic oxidation sites excluding steroid dienone is 1. The van der Waals surface area contributed by atoms with Crippen molar-refractivity contribution in [3.8, 4) is 17.3 Å². The van der Waals surface area contributed by atoms with Gasteiger partial charge in [-0.3, -0.25) is 9.59 Å². The number of ether oxygens (including phenoxy) is 1. The molecular weight excluding hydrogens is 620 g/mol. The molecular formula is C29H31Cl3FN7O3. The van der Waals surface area contributed by atoms with Gasteiger partial charge in [-0.15, -0.1) is 0 Å². The number of amides is 1. The fourth-order valence-corrected chi connectivity index (χ4v) is 6.13. The van der Waals surface area contributed by atoms with Crippen LogP contribution in [0.3, 0.4) is 0 Å². The lowest BCUT2D eigenvalue weighted by molar-refractivity contribution is -0.127. The van der Waals surface area contributed by atoms with E-state index in [9.17, 15) is 9.59 Å². The largest absolute Gasteiger partial charge is 0.462 e. The SMILES string of the molecule is CC(=O)/C=C/C(=O)N1CCN(c2nc(OC[C@@H]3CCCN3C)nc3nc(-c4c(N)c(Cl)cc(Cl)c4F)c(Cl)cc23)[C@@H](C)C1. The van der Waals surface area contributed by atoms with Gasteiger partial charge in [0.15, 0.2) is 17.2 Å². The number of carbonyl (C=O) groups excluding carboxylic acids is 2. The molecule has 2 aliphatic heterocycles. The first kappa shape index (κ1) is 31.2. The van der Waals surface area contributed by atoms with Crippen LogP contribution >= 0.6 is 34.8 Å². The van der Waals surface area contributed by atoms with Gasteiger partial charge in [-0.2, -0.15) is 9.97 Å². The highest BCUT2D eigenvalue weighted by molar-refractivity contribution is 6.38. The number of pyridine rings is 1. The van der Waals surface area contributed by atoms with Crippen LogP contribution in [0.4, 0.5) is 15.9 Å².